The van der Waals surface area contributed by atoms with E-state index in [9.17, 15) is 4.79 Å². The van der Waals surface area contributed by atoms with Gasteiger partial charge in [-0.15, -0.1) is 0 Å². The molecule has 86 valence electrons. The summed E-state index contributed by atoms with van der Waals surface area (Å²) in [6.45, 7) is 1.51. The Balaban J connectivity index is 1.59. The average Bonchev–Trinajstić information content (AvgIpc) is 2.66. The Morgan fingerprint density at radius 2 is 2.20 bits per heavy atom. The van der Waals surface area contributed by atoms with Crippen LogP contribution in [0, 0.1) is 5.92 Å². The molecule has 2 aliphatic rings. The number of Topliss-reactive ketones (excluding diaryl/α,β-unsaturated/α-hetero) is 1. The molecular formula is C12H20O3. The Bertz CT molecular complexity index is 209. The highest BCUT2D eigenvalue weighted by Gasteiger charge is 2.24. The molecule has 0 spiro atoms. The van der Waals surface area contributed by atoms with Gasteiger partial charge in [-0.3, -0.25) is 4.79 Å². The Labute approximate surface area is 91.1 Å². The van der Waals surface area contributed by atoms with Crippen LogP contribution in [0.4, 0.5) is 0 Å². The molecule has 0 bridgehead atoms. The molecule has 1 aliphatic heterocycles. The van der Waals surface area contributed by atoms with E-state index in [0.717, 1.165) is 45.1 Å². The molecule has 2 unspecified atom stereocenters. The summed E-state index contributed by atoms with van der Waals surface area (Å²) < 4.78 is 11.1. The highest BCUT2D eigenvalue weighted by molar-refractivity contribution is 5.82. The number of ether oxygens (including phenoxy) is 2. The molecule has 0 radical (unpaired) electrons. The molecule has 1 saturated carbocycles. The summed E-state index contributed by atoms with van der Waals surface area (Å²) in [5.41, 5.74) is 0. The van der Waals surface area contributed by atoms with E-state index in [-0.39, 0.29) is 12.2 Å². The maximum atomic E-state index is 11.4. The Morgan fingerprint density at radius 1 is 1.27 bits per heavy atom. The topological polar surface area (TPSA) is 35.5 Å². The van der Waals surface area contributed by atoms with E-state index < -0.39 is 0 Å². The van der Waals surface area contributed by atoms with E-state index in [1.165, 1.54) is 6.42 Å². The zero-order valence-corrected chi connectivity index (χ0v) is 9.24. The summed E-state index contributed by atoms with van der Waals surface area (Å²) in [6.07, 6.45) is 7.17. The van der Waals surface area contributed by atoms with Gasteiger partial charge in [-0.1, -0.05) is 0 Å². The van der Waals surface area contributed by atoms with Gasteiger partial charge in [0.15, 0.2) is 6.29 Å². The molecule has 1 heterocycles. The smallest absolute Gasteiger partial charge is 0.157 e. The van der Waals surface area contributed by atoms with Crippen LogP contribution in [0.5, 0.6) is 0 Å². The first-order chi connectivity index (χ1) is 7.36. The third-order valence-corrected chi connectivity index (χ3v) is 3.34. The van der Waals surface area contributed by atoms with Gasteiger partial charge in [-0.05, 0) is 38.5 Å². The van der Waals surface area contributed by atoms with Crippen molar-refractivity contribution < 1.29 is 14.3 Å². The SMILES string of the molecule is O=C1CCCC1CCOC1CCCCO1. The monoisotopic (exact) mass is 212 g/mol. The Morgan fingerprint density at radius 3 is 2.87 bits per heavy atom. The second-order valence-electron chi connectivity index (χ2n) is 4.51. The van der Waals surface area contributed by atoms with Crippen LogP contribution < -0.4 is 0 Å². The lowest BCUT2D eigenvalue weighted by Gasteiger charge is -2.23. The summed E-state index contributed by atoms with van der Waals surface area (Å²) in [4.78, 5) is 11.4. The lowest BCUT2D eigenvalue weighted by molar-refractivity contribution is -0.164. The highest BCUT2D eigenvalue weighted by Crippen LogP contribution is 2.24. The second kappa shape index (κ2) is 5.61. The molecule has 0 amide bonds. The Hall–Kier alpha value is -0.410. The third-order valence-electron chi connectivity index (χ3n) is 3.34. The minimum atomic E-state index is -0.00439. The number of ketones is 1. The van der Waals surface area contributed by atoms with Gasteiger partial charge in [0.2, 0.25) is 0 Å². The van der Waals surface area contributed by atoms with Crippen molar-refractivity contribution in [2.45, 2.75) is 51.2 Å². The normalized spacial score (nSPS) is 32.1. The standard InChI is InChI=1S/C12H20O3/c13-11-5-3-4-10(11)7-9-15-12-6-1-2-8-14-12/h10,12H,1-9H2. The number of carbonyl (C=O) groups is 1. The van der Waals surface area contributed by atoms with E-state index in [1.54, 1.807) is 0 Å². The van der Waals surface area contributed by atoms with Crippen LogP contribution in [0.1, 0.15) is 44.9 Å². The number of hydrogen-bond acceptors (Lipinski definition) is 3. The van der Waals surface area contributed by atoms with Crippen molar-refractivity contribution in [1.82, 2.24) is 0 Å². The minimum absolute atomic E-state index is 0.00439. The van der Waals surface area contributed by atoms with E-state index in [4.69, 9.17) is 9.47 Å². The number of hydrogen-bond donors (Lipinski definition) is 0. The average molecular weight is 212 g/mol. The van der Waals surface area contributed by atoms with Crippen LogP contribution in [-0.4, -0.2) is 25.3 Å². The first-order valence-electron chi connectivity index (χ1n) is 6.12. The van der Waals surface area contributed by atoms with Crippen molar-refractivity contribution >= 4 is 5.78 Å². The van der Waals surface area contributed by atoms with Crippen LogP contribution in [0.15, 0.2) is 0 Å². The van der Waals surface area contributed by atoms with Gasteiger partial charge in [-0.2, -0.15) is 0 Å². The fraction of sp³-hybridized carbons (Fsp3) is 0.917. The quantitative estimate of drug-likeness (QED) is 0.717. The van der Waals surface area contributed by atoms with E-state index in [2.05, 4.69) is 0 Å². The van der Waals surface area contributed by atoms with Crippen molar-refractivity contribution in [3.8, 4) is 0 Å². The van der Waals surface area contributed by atoms with Gasteiger partial charge in [0, 0.05) is 18.9 Å². The third kappa shape index (κ3) is 3.28. The molecule has 0 aromatic carbocycles. The van der Waals surface area contributed by atoms with Crippen molar-refractivity contribution in [2.24, 2.45) is 5.92 Å². The maximum Gasteiger partial charge on any atom is 0.157 e. The van der Waals surface area contributed by atoms with Crippen LogP contribution in [0.2, 0.25) is 0 Å². The molecule has 0 N–H and O–H groups in total. The summed E-state index contributed by atoms with van der Waals surface area (Å²) >= 11 is 0. The van der Waals surface area contributed by atoms with Crippen molar-refractivity contribution in [2.75, 3.05) is 13.2 Å². The van der Waals surface area contributed by atoms with Gasteiger partial charge in [0.25, 0.3) is 0 Å². The first kappa shape index (κ1) is 11.1. The molecule has 3 nitrogen and oxygen atoms in total. The molecule has 0 aromatic rings. The second-order valence-corrected chi connectivity index (χ2v) is 4.51. The minimum Gasteiger partial charge on any atom is -0.353 e. The van der Waals surface area contributed by atoms with Gasteiger partial charge >= 0.3 is 0 Å². The largest absolute Gasteiger partial charge is 0.353 e. The molecule has 1 saturated heterocycles. The summed E-state index contributed by atoms with van der Waals surface area (Å²) in [7, 11) is 0. The van der Waals surface area contributed by atoms with Crippen molar-refractivity contribution in [3.63, 3.8) is 0 Å². The summed E-state index contributed by atoms with van der Waals surface area (Å²) in [5.74, 6) is 0.705. The van der Waals surface area contributed by atoms with Gasteiger partial charge < -0.3 is 9.47 Å². The molecule has 3 heteroatoms. The predicted molar refractivity (Wildman–Crippen MR) is 56.5 cm³/mol. The maximum absolute atomic E-state index is 11.4. The van der Waals surface area contributed by atoms with Gasteiger partial charge in [0.1, 0.15) is 5.78 Å². The van der Waals surface area contributed by atoms with Gasteiger partial charge in [0.05, 0.1) is 6.61 Å². The van der Waals surface area contributed by atoms with Crippen LogP contribution in [-0.2, 0) is 14.3 Å². The molecule has 2 atom stereocenters. The molecule has 15 heavy (non-hydrogen) atoms. The van der Waals surface area contributed by atoms with Crippen molar-refractivity contribution in [3.05, 3.63) is 0 Å². The zero-order chi connectivity index (χ0) is 10.5. The fourth-order valence-corrected chi connectivity index (χ4v) is 2.38. The zero-order valence-electron chi connectivity index (χ0n) is 9.24. The predicted octanol–water partition coefficient (Wildman–Crippen LogP) is 2.29. The molecule has 0 aromatic heterocycles. The van der Waals surface area contributed by atoms with Crippen LogP contribution in [0.25, 0.3) is 0 Å². The number of carbonyl (C=O) groups excluding carboxylic acids is 1. The van der Waals surface area contributed by atoms with Crippen LogP contribution in [0.3, 0.4) is 0 Å². The summed E-state index contributed by atoms with van der Waals surface area (Å²) in [6, 6.07) is 0. The molecule has 2 rings (SSSR count). The lowest BCUT2D eigenvalue weighted by Crippen LogP contribution is -2.23. The van der Waals surface area contributed by atoms with E-state index in [0.29, 0.717) is 12.4 Å². The van der Waals surface area contributed by atoms with E-state index in [1.807, 2.05) is 0 Å². The summed E-state index contributed by atoms with van der Waals surface area (Å²) in [5, 5.41) is 0. The fourth-order valence-electron chi connectivity index (χ4n) is 2.38. The first-order valence-corrected chi connectivity index (χ1v) is 6.12. The molecular weight excluding hydrogens is 192 g/mol. The number of rotatable bonds is 4. The Kier molecular flexibility index (Phi) is 4.15. The van der Waals surface area contributed by atoms with Crippen molar-refractivity contribution in [1.29, 1.82) is 0 Å². The lowest BCUT2D eigenvalue weighted by atomic mass is 10.0. The van der Waals surface area contributed by atoms with E-state index >= 15 is 0 Å². The molecule has 1 aliphatic carbocycles. The highest BCUT2D eigenvalue weighted by atomic mass is 16.7. The van der Waals surface area contributed by atoms with Gasteiger partial charge in [-0.25, -0.2) is 0 Å². The van der Waals surface area contributed by atoms with Crippen LogP contribution >= 0.6 is 0 Å². The molecule has 2 fully saturated rings.